The van der Waals surface area contributed by atoms with Crippen LogP contribution in [0.25, 0.3) is 0 Å². The van der Waals surface area contributed by atoms with Crippen molar-refractivity contribution in [2.24, 2.45) is 5.92 Å². The molecule has 1 rings (SSSR count). The minimum absolute atomic E-state index is 0.0144. The molecule has 0 spiro atoms. The van der Waals surface area contributed by atoms with Crippen molar-refractivity contribution in [2.75, 3.05) is 19.8 Å². The lowest BCUT2D eigenvalue weighted by molar-refractivity contribution is -0.123. The van der Waals surface area contributed by atoms with Crippen LogP contribution < -0.4 is 10.1 Å². The van der Waals surface area contributed by atoms with E-state index in [4.69, 9.17) is 9.84 Å². The van der Waals surface area contributed by atoms with Crippen molar-refractivity contribution in [1.29, 1.82) is 0 Å². The molecule has 19 heavy (non-hydrogen) atoms. The number of ether oxygens (including phenoxy) is 1. The van der Waals surface area contributed by atoms with Crippen molar-refractivity contribution in [3.8, 4) is 5.75 Å². The van der Waals surface area contributed by atoms with Gasteiger partial charge >= 0.3 is 0 Å². The molecule has 1 amide bonds. The van der Waals surface area contributed by atoms with Gasteiger partial charge in [0.1, 0.15) is 5.75 Å². The van der Waals surface area contributed by atoms with E-state index in [0.29, 0.717) is 24.6 Å². The van der Waals surface area contributed by atoms with E-state index in [1.54, 1.807) is 0 Å². The SMILES string of the molecule is CC(C)CCNC(=O)COc1ccccc1CCO. The van der Waals surface area contributed by atoms with Crippen LogP contribution in [0.3, 0.4) is 0 Å². The van der Waals surface area contributed by atoms with Gasteiger partial charge in [0.25, 0.3) is 5.91 Å². The molecule has 0 aromatic heterocycles. The number of aliphatic hydroxyl groups is 1. The number of para-hydroxylation sites is 1. The van der Waals surface area contributed by atoms with Crippen molar-refractivity contribution in [1.82, 2.24) is 5.32 Å². The number of hydrogen-bond acceptors (Lipinski definition) is 3. The van der Waals surface area contributed by atoms with Crippen molar-refractivity contribution in [2.45, 2.75) is 26.7 Å². The second-order valence-corrected chi connectivity index (χ2v) is 4.90. The van der Waals surface area contributed by atoms with Gasteiger partial charge in [0.05, 0.1) is 0 Å². The topological polar surface area (TPSA) is 58.6 Å². The van der Waals surface area contributed by atoms with Gasteiger partial charge in [-0.2, -0.15) is 0 Å². The number of carbonyl (C=O) groups is 1. The Morgan fingerprint density at radius 2 is 2.11 bits per heavy atom. The Hall–Kier alpha value is -1.55. The van der Waals surface area contributed by atoms with E-state index in [9.17, 15) is 4.79 Å². The van der Waals surface area contributed by atoms with Crippen molar-refractivity contribution in [3.63, 3.8) is 0 Å². The molecule has 0 aliphatic heterocycles. The zero-order valence-corrected chi connectivity index (χ0v) is 11.7. The predicted octanol–water partition coefficient (Wildman–Crippen LogP) is 1.76. The molecule has 0 heterocycles. The van der Waals surface area contributed by atoms with E-state index in [-0.39, 0.29) is 19.1 Å². The first-order valence-corrected chi connectivity index (χ1v) is 6.71. The summed E-state index contributed by atoms with van der Waals surface area (Å²) < 4.78 is 5.49. The van der Waals surface area contributed by atoms with Crippen LogP contribution in [0.5, 0.6) is 5.75 Å². The molecular formula is C15H23NO3. The third-order valence-corrected chi connectivity index (χ3v) is 2.76. The standard InChI is InChI=1S/C15H23NO3/c1-12(2)7-9-16-15(18)11-19-14-6-4-3-5-13(14)8-10-17/h3-6,12,17H,7-11H2,1-2H3,(H,16,18). The van der Waals surface area contributed by atoms with Crippen molar-refractivity contribution in [3.05, 3.63) is 29.8 Å². The fraction of sp³-hybridized carbons (Fsp3) is 0.533. The molecule has 0 saturated heterocycles. The quantitative estimate of drug-likeness (QED) is 0.753. The largest absolute Gasteiger partial charge is 0.483 e. The molecule has 0 fully saturated rings. The smallest absolute Gasteiger partial charge is 0.257 e. The fourth-order valence-electron chi connectivity index (χ4n) is 1.67. The first-order chi connectivity index (χ1) is 9.13. The Morgan fingerprint density at radius 3 is 2.79 bits per heavy atom. The lowest BCUT2D eigenvalue weighted by Gasteiger charge is -2.11. The number of benzene rings is 1. The van der Waals surface area contributed by atoms with E-state index < -0.39 is 0 Å². The predicted molar refractivity (Wildman–Crippen MR) is 75.2 cm³/mol. The number of hydrogen-bond donors (Lipinski definition) is 2. The summed E-state index contributed by atoms with van der Waals surface area (Å²) in [7, 11) is 0. The van der Waals surface area contributed by atoms with Gasteiger partial charge in [0.2, 0.25) is 0 Å². The highest BCUT2D eigenvalue weighted by molar-refractivity contribution is 5.77. The molecule has 0 aliphatic rings. The average Bonchev–Trinajstić information content (AvgIpc) is 2.37. The summed E-state index contributed by atoms with van der Waals surface area (Å²) in [6.45, 7) is 5.00. The van der Waals surface area contributed by atoms with Gasteiger partial charge in [0, 0.05) is 13.2 Å². The minimum Gasteiger partial charge on any atom is -0.483 e. The number of carbonyl (C=O) groups excluding carboxylic acids is 1. The Morgan fingerprint density at radius 1 is 1.37 bits per heavy atom. The van der Waals surface area contributed by atoms with Gasteiger partial charge in [0.15, 0.2) is 6.61 Å². The minimum atomic E-state index is -0.112. The van der Waals surface area contributed by atoms with E-state index in [2.05, 4.69) is 19.2 Å². The second kappa shape index (κ2) is 8.53. The molecule has 106 valence electrons. The van der Waals surface area contributed by atoms with E-state index in [1.165, 1.54) is 0 Å². The maximum atomic E-state index is 11.6. The summed E-state index contributed by atoms with van der Waals surface area (Å²) in [6.07, 6.45) is 1.50. The third-order valence-electron chi connectivity index (χ3n) is 2.76. The zero-order chi connectivity index (χ0) is 14.1. The van der Waals surface area contributed by atoms with Crippen molar-refractivity contribution < 1.29 is 14.6 Å². The average molecular weight is 265 g/mol. The lowest BCUT2D eigenvalue weighted by Crippen LogP contribution is -2.30. The number of rotatable bonds is 8. The second-order valence-electron chi connectivity index (χ2n) is 4.90. The van der Waals surface area contributed by atoms with Crippen LogP contribution in [0, 0.1) is 5.92 Å². The molecule has 0 radical (unpaired) electrons. The molecular weight excluding hydrogens is 242 g/mol. The van der Waals surface area contributed by atoms with Gasteiger partial charge in [-0.25, -0.2) is 0 Å². The summed E-state index contributed by atoms with van der Waals surface area (Å²) >= 11 is 0. The maximum absolute atomic E-state index is 11.6. The van der Waals surface area contributed by atoms with Crippen LogP contribution >= 0.6 is 0 Å². The highest BCUT2D eigenvalue weighted by Gasteiger charge is 2.06. The summed E-state index contributed by atoms with van der Waals surface area (Å²) in [5.41, 5.74) is 0.917. The van der Waals surface area contributed by atoms with Crippen LogP contribution in [0.2, 0.25) is 0 Å². The Balaban J connectivity index is 2.37. The van der Waals surface area contributed by atoms with Crippen molar-refractivity contribution >= 4 is 5.91 Å². The molecule has 0 aliphatic carbocycles. The molecule has 0 bridgehead atoms. The number of aliphatic hydroxyl groups excluding tert-OH is 1. The van der Waals surface area contributed by atoms with Crippen LogP contribution in [-0.2, 0) is 11.2 Å². The Labute approximate surface area is 114 Å². The summed E-state index contributed by atoms with van der Waals surface area (Å²) in [6, 6.07) is 7.45. The normalized spacial score (nSPS) is 10.5. The first kappa shape index (κ1) is 15.5. The summed E-state index contributed by atoms with van der Waals surface area (Å²) in [5.74, 6) is 1.13. The molecule has 1 aromatic carbocycles. The van der Waals surface area contributed by atoms with Gasteiger partial charge in [-0.3, -0.25) is 4.79 Å². The molecule has 4 heteroatoms. The van der Waals surface area contributed by atoms with Gasteiger partial charge in [-0.1, -0.05) is 32.0 Å². The van der Waals surface area contributed by atoms with Gasteiger partial charge in [-0.05, 0) is 30.4 Å². The van der Waals surface area contributed by atoms with Crippen LogP contribution in [0.4, 0.5) is 0 Å². The molecule has 0 unspecified atom stereocenters. The molecule has 2 N–H and O–H groups in total. The van der Waals surface area contributed by atoms with Gasteiger partial charge in [-0.15, -0.1) is 0 Å². The van der Waals surface area contributed by atoms with Crippen LogP contribution in [0.1, 0.15) is 25.8 Å². The van der Waals surface area contributed by atoms with Gasteiger partial charge < -0.3 is 15.2 Å². The molecule has 0 atom stereocenters. The summed E-state index contributed by atoms with van der Waals surface area (Å²) in [5, 5.41) is 11.8. The molecule has 1 aromatic rings. The fourth-order valence-corrected chi connectivity index (χ4v) is 1.67. The highest BCUT2D eigenvalue weighted by Crippen LogP contribution is 2.17. The highest BCUT2D eigenvalue weighted by atomic mass is 16.5. The van der Waals surface area contributed by atoms with E-state index in [0.717, 1.165) is 12.0 Å². The van der Waals surface area contributed by atoms with Crippen LogP contribution in [0.15, 0.2) is 24.3 Å². The first-order valence-electron chi connectivity index (χ1n) is 6.71. The summed E-state index contributed by atoms with van der Waals surface area (Å²) in [4.78, 5) is 11.6. The molecule has 0 saturated carbocycles. The Bertz CT molecular complexity index is 391. The lowest BCUT2D eigenvalue weighted by atomic mass is 10.1. The monoisotopic (exact) mass is 265 g/mol. The number of nitrogens with one attached hydrogen (secondary N) is 1. The molecule has 4 nitrogen and oxygen atoms in total. The van der Waals surface area contributed by atoms with Crippen LogP contribution in [-0.4, -0.2) is 30.8 Å². The third kappa shape index (κ3) is 6.25. The maximum Gasteiger partial charge on any atom is 0.257 e. The van der Waals surface area contributed by atoms with E-state index in [1.807, 2.05) is 24.3 Å². The van der Waals surface area contributed by atoms with E-state index >= 15 is 0 Å². The number of amides is 1. The Kier molecular flexibility index (Phi) is 6.97. The zero-order valence-electron chi connectivity index (χ0n) is 11.7.